The highest BCUT2D eigenvalue weighted by Gasteiger charge is 2.30. The second kappa shape index (κ2) is 5.01. The van der Waals surface area contributed by atoms with Gasteiger partial charge in [0.15, 0.2) is 0 Å². The van der Waals surface area contributed by atoms with E-state index in [0.717, 1.165) is 25.7 Å². The van der Waals surface area contributed by atoms with E-state index in [1.807, 2.05) is 0 Å². The average Bonchev–Trinajstić information content (AvgIpc) is 2.73. The van der Waals surface area contributed by atoms with E-state index in [2.05, 4.69) is 20.3 Å². The minimum absolute atomic E-state index is 0.0674. The van der Waals surface area contributed by atoms with Gasteiger partial charge in [0.2, 0.25) is 11.2 Å². The number of rotatable bonds is 4. The quantitative estimate of drug-likeness (QED) is 0.846. The predicted octanol–water partition coefficient (Wildman–Crippen LogP) is 1.25. The van der Waals surface area contributed by atoms with Gasteiger partial charge >= 0.3 is 6.01 Å². The normalized spacial score (nSPS) is 18.1. The van der Waals surface area contributed by atoms with Crippen molar-refractivity contribution in [1.29, 1.82) is 0 Å². The Morgan fingerprint density at radius 3 is 2.71 bits per heavy atom. The number of hydrogen-bond acceptors (Lipinski definition) is 6. The average molecular weight is 259 g/mol. The Bertz CT molecular complexity index is 396. The van der Waals surface area contributed by atoms with Gasteiger partial charge in [0.05, 0.1) is 12.7 Å². The Kier molecular flexibility index (Phi) is 3.63. The van der Waals surface area contributed by atoms with Crippen LogP contribution in [0.5, 0.6) is 6.01 Å². The molecule has 0 amide bonds. The molecule has 0 spiro atoms. The van der Waals surface area contributed by atoms with Crippen LogP contribution in [0.1, 0.15) is 25.7 Å². The SMILES string of the molecule is COc1nc(Cl)nc(NCC2(O)CCCC2)n1. The van der Waals surface area contributed by atoms with Gasteiger partial charge in [-0.2, -0.15) is 15.0 Å². The van der Waals surface area contributed by atoms with Gasteiger partial charge < -0.3 is 15.2 Å². The first-order valence-corrected chi connectivity index (χ1v) is 5.91. The number of methoxy groups -OCH3 is 1. The number of nitrogens with zero attached hydrogens (tertiary/aromatic N) is 3. The Labute approximate surface area is 104 Å². The molecule has 2 N–H and O–H groups in total. The molecule has 2 rings (SSSR count). The molecule has 0 bridgehead atoms. The maximum absolute atomic E-state index is 10.2. The summed E-state index contributed by atoms with van der Waals surface area (Å²) in [6.07, 6.45) is 3.71. The second-order valence-electron chi connectivity index (χ2n) is 4.20. The van der Waals surface area contributed by atoms with Gasteiger partial charge in [-0.15, -0.1) is 0 Å². The van der Waals surface area contributed by atoms with Gasteiger partial charge in [-0.1, -0.05) is 12.8 Å². The van der Waals surface area contributed by atoms with E-state index >= 15 is 0 Å². The Morgan fingerprint density at radius 2 is 2.06 bits per heavy atom. The fourth-order valence-electron chi connectivity index (χ4n) is 1.96. The molecule has 0 saturated heterocycles. The maximum atomic E-state index is 10.2. The zero-order valence-corrected chi connectivity index (χ0v) is 10.4. The van der Waals surface area contributed by atoms with Crippen LogP contribution in [0.3, 0.4) is 0 Å². The van der Waals surface area contributed by atoms with Crippen LogP contribution in [-0.4, -0.2) is 39.3 Å². The summed E-state index contributed by atoms with van der Waals surface area (Å²) in [5, 5.41) is 13.2. The lowest BCUT2D eigenvalue weighted by Crippen LogP contribution is -2.34. The molecule has 17 heavy (non-hydrogen) atoms. The molecule has 1 aliphatic rings. The molecule has 1 fully saturated rings. The first-order chi connectivity index (χ1) is 8.11. The molecule has 1 heterocycles. The van der Waals surface area contributed by atoms with Crippen LogP contribution < -0.4 is 10.1 Å². The van der Waals surface area contributed by atoms with E-state index in [4.69, 9.17) is 16.3 Å². The molecule has 1 aromatic heterocycles. The fraction of sp³-hybridized carbons (Fsp3) is 0.700. The topological polar surface area (TPSA) is 80.2 Å². The summed E-state index contributed by atoms with van der Waals surface area (Å²) in [5.41, 5.74) is -0.660. The zero-order valence-electron chi connectivity index (χ0n) is 9.61. The molecule has 1 aromatic rings. The standard InChI is InChI=1S/C10H15ClN4O2/c1-17-9-14-7(11)13-8(15-9)12-6-10(16)4-2-3-5-10/h16H,2-6H2,1H3,(H,12,13,14,15). The van der Waals surface area contributed by atoms with Crippen molar-refractivity contribution in [3.8, 4) is 6.01 Å². The summed E-state index contributed by atoms with van der Waals surface area (Å²) in [5.74, 6) is 0.321. The van der Waals surface area contributed by atoms with Gasteiger partial charge in [-0.3, -0.25) is 0 Å². The van der Waals surface area contributed by atoms with Crippen molar-refractivity contribution in [2.75, 3.05) is 19.0 Å². The lowest BCUT2D eigenvalue weighted by Gasteiger charge is -2.22. The van der Waals surface area contributed by atoms with E-state index in [1.54, 1.807) is 0 Å². The van der Waals surface area contributed by atoms with Crippen LogP contribution in [0.2, 0.25) is 5.28 Å². The van der Waals surface area contributed by atoms with E-state index in [9.17, 15) is 5.11 Å². The first-order valence-electron chi connectivity index (χ1n) is 5.53. The summed E-state index contributed by atoms with van der Waals surface area (Å²) in [7, 11) is 1.46. The lowest BCUT2D eigenvalue weighted by atomic mass is 10.0. The fourth-order valence-corrected chi connectivity index (χ4v) is 2.11. The van der Waals surface area contributed by atoms with Crippen molar-refractivity contribution in [2.45, 2.75) is 31.3 Å². The maximum Gasteiger partial charge on any atom is 0.322 e. The summed E-state index contributed by atoms with van der Waals surface area (Å²) in [4.78, 5) is 11.7. The van der Waals surface area contributed by atoms with Crippen LogP contribution in [-0.2, 0) is 0 Å². The van der Waals surface area contributed by atoms with Crippen molar-refractivity contribution in [1.82, 2.24) is 15.0 Å². The van der Waals surface area contributed by atoms with Crippen molar-refractivity contribution in [3.63, 3.8) is 0 Å². The monoisotopic (exact) mass is 258 g/mol. The van der Waals surface area contributed by atoms with E-state index < -0.39 is 5.60 Å². The summed E-state index contributed by atoms with van der Waals surface area (Å²) >= 11 is 5.71. The summed E-state index contributed by atoms with van der Waals surface area (Å²) < 4.78 is 4.88. The third kappa shape index (κ3) is 3.17. The molecule has 0 unspecified atom stereocenters. The largest absolute Gasteiger partial charge is 0.467 e. The first kappa shape index (κ1) is 12.3. The van der Waals surface area contributed by atoms with Crippen LogP contribution in [0.4, 0.5) is 5.95 Å². The van der Waals surface area contributed by atoms with Gasteiger partial charge in [-0.25, -0.2) is 0 Å². The third-order valence-electron chi connectivity index (χ3n) is 2.88. The molecule has 0 radical (unpaired) electrons. The molecular weight excluding hydrogens is 244 g/mol. The summed E-state index contributed by atoms with van der Waals surface area (Å²) in [6.45, 7) is 0.413. The Balaban J connectivity index is 2.00. The number of aromatic nitrogens is 3. The van der Waals surface area contributed by atoms with Crippen LogP contribution >= 0.6 is 11.6 Å². The highest BCUT2D eigenvalue weighted by molar-refractivity contribution is 6.28. The molecule has 1 aliphatic carbocycles. The summed E-state index contributed by atoms with van der Waals surface area (Å²) in [6, 6.07) is 0.158. The van der Waals surface area contributed by atoms with E-state index in [-0.39, 0.29) is 11.3 Å². The molecule has 0 aromatic carbocycles. The van der Waals surface area contributed by atoms with E-state index in [1.165, 1.54) is 7.11 Å². The zero-order chi connectivity index (χ0) is 12.3. The van der Waals surface area contributed by atoms with Crippen LogP contribution in [0, 0.1) is 0 Å². The molecular formula is C10H15ClN4O2. The van der Waals surface area contributed by atoms with E-state index in [0.29, 0.717) is 12.5 Å². The molecule has 7 heteroatoms. The lowest BCUT2D eigenvalue weighted by molar-refractivity contribution is 0.0612. The minimum atomic E-state index is -0.660. The van der Waals surface area contributed by atoms with Crippen LogP contribution in [0.15, 0.2) is 0 Å². The molecule has 1 saturated carbocycles. The minimum Gasteiger partial charge on any atom is -0.467 e. The van der Waals surface area contributed by atoms with Crippen molar-refractivity contribution in [2.24, 2.45) is 0 Å². The second-order valence-corrected chi connectivity index (χ2v) is 4.54. The molecule has 6 nitrogen and oxygen atoms in total. The van der Waals surface area contributed by atoms with Gasteiger partial charge in [0.1, 0.15) is 0 Å². The number of hydrogen-bond donors (Lipinski definition) is 2. The number of nitrogens with one attached hydrogen (secondary N) is 1. The number of aliphatic hydroxyl groups is 1. The number of ether oxygens (including phenoxy) is 1. The highest BCUT2D eigenvalue weighted by atomic mass is 35.5. The Hall–Kier alpha value is -1.14. The van der Waals surface area contributed by atoms with Crippen molar-refractivity contribution in [3.05, 3.63) is 5.28 Å². The number of halogens is 1. The van der Waals surface area contributed by atoms with Crippen molar-refractivity contribution < 1.29 is 9.84 Å². The molecule has 0 atom stereocenters. The molecule has 94 valence electrons. The van der Waals surface area contributed by atoms with Crippen LogP contribution in [0.25, 0.3) is 0 Å². The van der Waals surface area contributed by atoms with Crippen molar-refractivity contribution >= 4 is 17.5 Å². The van der Waals surface area contributed by atoms with Gasteiger partial charge in [0, 0.05) is 6.54 Å². The predicted molar refractivity (Wildman–Crippen MR) is 63.3 cm³/mol. The number of anilines is 1. The van der Waals surface area contributed by atoms with Gasteiger partial charge in [0.25, 0.3) is 0 Å². The smallest absolute Gasteiger partial charge is 0.322 e. The molecule has 0 aliphatic heterocycles. The van der Waals surface area contributed by atoms with Gasteiger partial charge in [-0.05, 0) is 24.4 Å². The highest BCUT2D eigenvalue weighted by Crippen LogP contribution is 2.29. The third-order valence-corrected chi connectivity index (χ3v) is 3.05. The Morgan fingerprint density at radius 1 is 1.35 bits per heavy atom.